The highest BCUT2D eigenvalue weighted by molar-refractivity contribution is 7.94. The van der Waals surface area contributed by atoms with Gasteiger partial charge < -0.3 is 4.74 Å². The number of rotatable bonds is 5. The molecule has 0 aliphatic carbocycles. The van der Waals surface area contributed by atoms with Crippen LogP contribution < -0.4 is 13.8 Å². The van der Waals surface area contributed by atoms with Crippen molar-refractivity contribution in [3.63, 3.8) is 0 Å². The maximum absolute atomic E-state index is 12.9. The van der Waals surface area contributed by atoms with Gasteiger partial charge in [-0.15, -0.1) is 0 Å². The molecule has 28 heavy (non-hydrogen) atoms. The Labute approximate surface area is 168 Å². The summed E-state index contributed by atoms with van der Waals surface area (Å²) in [5.41, 5.74) is 0.585. The number of aryl methyl sites for hydroxylation is 1. The van der Waals surface area contributed by atoms with Crippen molar-refractivity contribution in [3.8, 4) is 5.75 Å². The Bertz CT molecular complexity index is 1160. The maximum atomic E-state index is 12.9. The third kappa shape index (κ3) is 3.80. The summed E-state index contributed by atoms with van der Waals surface area (Å²) in [7, 11) is -6.43. The molecule has 0 saturated carbocycles. The van der Waals surface area contributed by atoms with Gasteiger partial charge in [0, 0.05) is 6.42 Å². The fourth-order valence-electron chi connectivity index (χ4n) is 2.81. The first-order valence-electron chi connectivity index (χ1n) is 8.08. The zero-order valence-electron chi connectivity index (χ0n) is 15.0. The van der Waals surface area contributed by atoms with Crippen molar-refractivity contribution in [2.45, 2.75) is 18.2 Å². The fourth-order valence-corrected chi connectivity index (χ4v) is 5.84. The van der Waals surface area contributed by atoms with E-state index in [2.05, 4.69) is 4.72 Å². The second-order valence-electron chi connectivity index (χ2n) is 6.13. The number of amides is 1. The highest BCUT2D eigenvalue weighted by atomic mass is 35.5. The van der Waals surface area contributed by atoms with Crippen LogP contribution in [-0.2, 0) is 24.8 Å². The van der Waals surface area contributed by atoms with Gasteiger partial charge in [0.2, 0.25) is 15.9 Å². The van der Waals surface area contributed by atoms with Crippen LogP contribution in [0, 0.1) is 6.92 Å². The predicted molar refractivity (Wildman–Crippen MR) is 106 cm³/mol. The van der Waals surface area contributed by atoms with Crippen LogP contribution in [-0.4, -0.2) is 35.6 Å². The Morgan fingerprint density at radius 3 is 2.46 bits per heavy atom. The SMILES string of the molecule is COc1ccc(NS(=O)(=O)c2cc(N3C(=O)CCS3(=O)=O)ccc2C)cc1Cl. The molecule has 1 heterocycles. The summed E-state index contributed by atoms with van der Waals surface area (Å²) in [4.78, 5) is 11.8. The van der Waals surface area contributed by atoms with Crippen molar-refractivity contribution in [2.24, 2.45) is 0 Å². The summed E-state index contributed by atoms with van der Waals surface area (Å²) < 4.78 is 58.0. The molecular formula is C17H17ClN2O6S2. The molecule has 0 bridgehead atoms. The molecule has 0 aromatic heterocycles. The lowest BCUT2D eigenvalue weighted by atomic mass is 10.2. The molecule has 11 heteroatoms. The Hall–Kier alpha value is -2.30. The van der Waals surface area contributed by atoms with E-state index in [-0.39, 0.29) is 33.5 Å². The van der Waals surface area contributed by atoms with Crippen LogP contribution in [0.2, 0.25) is 5.02 Å². The van der Waals surface area contributed by atoms with E-state index in [9.17, 15) is 21.6 Å². The Morgan fingerprint density at radius 1 is 1.18 bits per heavy atom. The van der Waals surface area contributed by atoms with E-state index in [0.29, 0.717) is 15.6 Å². The number of ether oxygens (including phenoxy) is 1. The van der Waals surface area contributed by atoms with Crippen LogP contribution in [0.25, 0.3) is 0 Å². The molecule has 1 fully saturated rings. The lowest BCUT2D eigenvalue weighted by molar-refractivity contribution is -0.116. The van der Waals surface area contributed by atoms with Crippen LogP contribution >= 0.6 is 11.6 Å². The van der Waals surface area contributed by atoms with Crippen LogP contribution in [0.5, 0.6) is 5.75 Å². The minimum Gasteiger partial charge on any atom is -0.495 e. The number of benzene rings is 2. The lowest BCUT2D eigenvalue weighted by Gasteiger charge is -2.18. The predicted octanol–water partition coefficient (Wildman–Crippen LogP) is 2.52. The first-order valence-corrected chi connectivity index (χ1v) is 11.5. The number of nitrogens with zero attached hydrogens (tertiary/aromatic N) is 1. The van der Waals surface area contributed by atoms with E-state index in [1.807, 2.05) is 0 Å². The van der Waals surface area contributed by atoms with Gasteiger partial charge in [-0.3, -0.25) is 9.52 Å². The van der Waals surface area contributed by atoms with E-state index in [1.165, 1.54) is 43.5 Å². The van der Waals surface area contributed by atoms with Gasteiger partial charge in [-0.1, -0.05) is 17.7 Å². The topological polar surface area (TPSA) is 110 Å². The number of halogens is 1. The minimum atomic E-state index is -4.07. The zero-order valence-corrected chi connectivity index (χ0v) is 17.4. The molecule has 0 atom stereocenters. The first kappa shape index (κ1) is 20.4. The van der Waals surface area contributed by atoms with E-state index in [1.54, 1.807) is 6.92 Å². The van der Waals surface area contributed by atoms with Crippen molar-refractivity contribution in [2.75, 3.05) is 21.9 Å². The zero-order chi connectivity index (χ0) is 20.7. The number of hydrogen-bond donors (Lipinski definition) is 1. The fraction of sp³-hybridized carbons (Fsp3) is 0.235. The highest BCUT2D eigenvalue weighted by Crippen LogP contribution is 2.31. The minimum absolute atomic E-state index is 0.0127. The van der Waals surface area contributed by atoms with Crippen LogP contribution in [0.1, 0.15) is 12.0 Å². The molecule has 1 aliphatic rings. The number of nitrogens with one attached hydrogen (secondary N) is 1. The molecule has 8 nitrogen and oxygen atoms in total. The average molecular weight is 445 g/mol. The Balaban J connectivity index is 2.00. The Morgan fingerprint density at radius 2 is 1.89 bits per heavy atom. The van der Waals surface area contributed by atoms with Gasteiger partial charge in [-0.2, -0.15) is 0 Å². The van der Waals surface area contributed by atoms with Gasteiger partial charge in [-0.05, 0) is 42.8 Å². The summed E-state index contributed by atoms with van der Waals surface area (Å²) >= 11 is 6.02. The second-order valence-corrected chi connectivity index (χ2v) is 10.1. The third-order valence-corrected chi connectivity index (χ3v) is 7.69. The van der Waals surface area contributed by atoms with Crippen molar-refractivity contribution in [3.05, 3.63) is 47.0 Å². The second kappa shape index (κ2) is 7.26. The lowest BCUT2D eigenvalue weighted by Crippen LogP contribution is -2.29. The van der Waals surface area contributed by atoms with E-state index >= 15 is 0 Å². The molecule has 0 unspecified atom stereocenters. The summed E-state index contributed by atoms with van der Waals surface area (Å²) in [6.45, 7) is 1.57. The molecule has 1 N–H and O–H groups in total. The Kier molecular flexibility index (Phi) is 5.30. The molecular weight excluding hydrogens is 428 g/mol. The number of hydrogen-bond acceptors (Lipinski definition) is 6. The van der Waals surface area contributed by atoms with Crippen molar-refractivity contribution in [1.82, 2.24) is 0 Å². The molecule has 0 radical (unpaired) electrons. The summed E-state index contributed by atoms with van der Waals surface area (Å²) in [5, 5.41) is 0.224. The number of carbonyl (C=O) groups is 1. The molecule has 1 saturated heterocycles. The van der Waals surface area contributed by atoms with Crippen LogP contribution in [0.4, 0.5) is 11.4 Å². The summed E-state index contributed by atoms with van der Waals surface area (Å²) in [6, 6.07) is 8.41. The average Bonchev–Trinajstić information content (AvgIpc) is 2.88. The molecule has 0 spiro atoms. The normalized spacial score (nSPS) is 16.2. The smallest absolute Gasteiger partial charge is 0.262 e. The maximum Gasteiger partial charge on any atom is 0.262 e. The van der Waals surface area contributed by atoms with Crippen LogP contribution in [0.15, 0.2) is 41.3 Å². The molecule has 1 amide bonds. The summed E-state index contributed by atoms with van der Waals surface area (Å²) in [6.07, 6.45) is -0.138. The standard InChI is InChI=1S/C17H17ClN2O6S2/c1-11-3-5-13(20-17(21)7-8-27(20,22)23)10-16(11)28(24,25)19-12-4-6-15(26-2)14(18)9-12/h3-6,9-10,19H,7-8H2,1-2H3. The number of carbonyl (C=O) groups excluding carboxylic acids is 1. The van der Waals surface area contributed by atoms with Gasteiger partial charge in [0.15, 0.2) is 0 Å². The molecule has 150 valence electrons. The van der Waals surface area contributed by atoms with E-state index in [0.717, 1.165) is 0 Å². The highest BCUT2D eigenvalue weighted by Gasteiger charge is 2.37. The number of methoxy groups -OCH3 is 1. The molecule has 1 aliphatic heterocycles. The molecule has 2 aromatic carbocycles. The molecule has 2 aromatic rings. The van der Waals surface area contributed by atoms with Crippen LogP contribution in [0.3, 0.4) is 0 Å². The quantitative estimate of drug-likeness (QED) is 0.758. The van der Waals surface area contributed by atoms with E-state index < -0.39 is 26.0 Å². The number of sulfonamides is 2. The van der Waals surface area contributed by atoms with Gasteiger partial charge in [-0.25, -0.2) is 21.1 Å². The molecule has 3 rings (SSSR count). The van der Waals surface area contributed by atoms with Crippen molar-refractivity contribution < 1.29 is 26.4 Å². The van der Waals surface area contributed by atoms with Gasteiger partial charge in [0.05, 0.1) is 34.2 Å². The first-order chi connectivity index (χ1) is 13.0. The monoisotopic (exact) mass is 444 g/mol. The van der Waals surface area contributed by atoms with Gasteiger partial charge >= 0.3 is 0 Å². The van der Waals surface area contributed by atoms with Gasteiger partial charge in [0.25, 0.3) is 10.0 Å². The summed E-state index contributed by atoms with van der Waals surface area (Å²) in [5.74, 6) is -0.507. The van der Waals surface area contributed by atoms with Crippen molar-refractivity contribution >= 4 is 48.9 Å². The largest absolute Gasteiger partial charge is 0.495 e. The van der Waals surface area contributed by atoms with E-state index in [4.69, 9.17) is 16.3 Å². The third-order valence-electron chi connectivity index (χ3n) is 4.18. The van der Waals surface area contributed by atoms with Gasteiger partial charge in [0.1, 0.15) is 5.75 Å². The number of anilines is 2. The van der Waals surface area contributed by atoms with Crippen molar-refractivity contribution in [1.29, 1.82) is 0 Å².